The number of ether oxygens (including phenoxy) is 1. The molecule has 0 aliphatic carbocycles. The number of pyridine rings is 1. The number of rotatable bonds is 8. The van der Waals surface area contributed by atoms with E-state index in [1.807, 2.05) is 98.8 Å². The van der Waals surface area contributed by atoms with Crippen LogP contribution < -0.4 is 10.2 Å². The van der Waals surface area contributed by atoms with E-state index in [9.17, 15) is 9.59 Å². The third-order valence-corrected chi connectivity index (χ3v) is 5.39. The van der Waals surface area contributed by atoms with Crippen molar-refractivity contribution < 1.29 is 14.3 Å². The van der Waals surface area contributed by atoms with Crippen molar-refractivity contribution in [3.63, 3.8) is 0 Å². The Bertz CT molecular complexity index is 1330. The van der Waals surface area contributed by atoms with E-state index in [0.717, 1.165) is 33.5 Å². The number of nitrogens with one attached hydrogen (secondary N) is 1. The Labute approximate surface area is 204 Å². The van der Waals surface area contributed by atoms with Gasteiger partial charge in [0.2, 0.25) is 0 Å². The Morgan fingerprint density at radius 1 is 0.914 bits per heavy atom. The molecule has 0 saturated heterocycles. The molecule has 0 unspecified atom stereocenters. The van der Waals surface area contributed by atoms with Gasteiger partial charge in [-0.05, 0) is 62.4 Å². The predicted molar refractivity (Wildman–Crippen MR) is 141 cm³/mol. The van der Waals surface area contributed by atoms with E-state index in [-0.39, 0.29) is 18.6 Å². The van der Waals surface area contributed by atoms with Crippen LogP contribution in [0.4, 0.5) is 17.1 Å². The summed E-state index contributed by atoms with van der Waals surface area (Å²) < 4.78 is 5.24. The van der Waals surface area contributed by atoms with Gasteiger partial charge in [-0.2, -0.15) is 0 Å². The number of hydrogen-bond acceptors (Lipinski definition) is 5. The lowest BCUT2D eigenvalue weighted by Gasteiger charge is -2.27. The Kier molecular flexibility index (Phi) is 7.53. The summed E-state index contributed by atoms with van der Waals surface area (Å²) in [5.74, 6) is -0.880. The Hall–Kier alpha value is -4.45. The van der Waals surface area contributed by atoms with Gasteiger partial charge in [0, 0.05) is 46.3 Å². The van der Waals surface area contributed by atoms with Crippen LogP contribution in [0.3, 0.4) is 0 Å². The molecule has 1 amide bonds. The van der Waals surface area contributed by atoms with Crippen molar-refractivity contribution in [2.45, 2.75) is 19.9 Å². The number of anilines is 3. The molecule has 3 aromatic carbocycles. The summed E-state index contributed by atoms with van der Waals surface area (Å²) in [6, 6.07) is 26.9. The molecule has 0 bridgehead atoms. The monoisotopic (exact) mass is 465 g/mol. The quantitative estimate of drug-likeness (QED) is 0.256. The van der Waals surface area contributed by atoms with Gasteiger partial charge in [-0.25, -0.2) is 4.79 Å². The van der Waals surface area contributed by atoms with Crippen LogP contribution in [0.15, 0.2) is 97.2 Å². The minimum Gasteiger partial charge on any atom is -0.452 e. The van der Waals surface area contributed by atoms with E-state index in [4.69, 9.17) is 4.74 Å². The molecule has 0 atom stereocenters. The van der Waals surface area contributed by atoms with Crippen molar-refractivity contribution >= 4 is 45.9 Å². The largest absolute Gasteiger partial charge is 0.452 e. The van der Waals surface area contributed by atoms with Crippen molar-refractivity contribution in [2.75, 3.05) is 16.8 Å². The Balaban J connectivity index is 1.38. The van der Waals surface area contributed by atoms with Crippen LogP contribution in [0.25, 0.3) is 17.0 Å². The van der Waals surface area contributed by atoms with E-state index in [2.05, 4.69) is 10.3 Å². The number of hydrogen-bond donors (Lipinski definition) is 1. The van der Waals surface area contributed by atoms with E-state index >= 15 is 0 Å². The standard InChI is InChI=1S/C29H27N3O3/c1-21(2)32(26-16-14-25(15-17-26)31-24-11-4-3-5-12-24)27(33)20-35-28(34)18-13-23-9-6-8-22-10-7-19-30-29(22)23/h3-19,21,31H,20H2,1-2H3/b18-13+. The van der Waals surface area contributed by atoms with Gasteiger partial charge in [0.15, 0.2) is 6.61 Å². The minimum absolute atomic E-state index is 0.105. The average molecular weight is 466 g/mol. The van der Waals surface area contributed by atoms with Gasteiger partial charge < -0.3 is 15.0 Å². The molecule has 1 N–H and O–H groups in total. The van der Waals surface area contributed by atoms with Crippen molar-refractivity contribution in [1.29, 1.82) is 0 Å². The number of nitrogens with zero attached hydrogens (tertiary/aromatic N) is 2. The Morgan fingerprint density at radius 2 is 1.63 bits per heavy atom. The van der Waals surface area contributed by atoms with Gasteiger partial charge in [0.05, 0.1) is 5.52 Å². The molecule has 0 aliphatic heterocycles. The molecule has 6 nitrogen and oxygen atoms in total. The first-order valence-corrected chi connectivity index (χ1v) is 11.4. The van der Waals surface area contributed by atoms with Crippen LogP contribution in [0.1, 0.15) is 19.4 Å². The molecule has 4 aromatic rings. The predicted octanol–water partition coefficient (Wildman–Crippen LogP) is 5.98. The zero-order valence-corrected chi connectivity index (χ0v) is 19.7. The van der Waals surface area contributed by atoms with Crippen LogP contribution in [0.2, 0.25) is 0 Å². The van der Waals surface area contributed by atoms with Crippen molar-refractivity contribution in [2.24, 2.45) is 0 Å². The van der Waals surface area contributed by atoms with E-state index in [1.54, 1.807) is 17.2 Å². The summed E-state index contributed by atoms with van der Waals surface area (Å²) >= 11 is 0. The van der Waals surface area contributed by atoms with Gasteiger partial charge in [-0.15, -0.1) is 0 Å². The molecule has 1 aromatic heterocycles. The molecule has 6 heteroatoms. The number of amides is 1. The zero-order valence-electron chi connectivity index (χ0n) is 19.7. The highest BCUT2D eigenvalue weighted by Gasteiger charge is 2.20. The molecule has 0 fully saturated rings. The summed E-state index contributed by atoms with van der Waals surface area (Å²) in [6.07, 6.45) is 4.68. The maximum atomic E-state index is 12.9. The summed E-state index contributed by atoms with van der Waals surface area (Å²) in [4.78, 5) is 31.2. The van der Waals surface area contributed by atoms with Gasteiger partial charge in [0.1, 0.15) is 0 Å². The second kappa shape index (κ2) is 11.1. The number of fused-ring (bicyclic) bond motifs is 1. The van der Waals surface area contributed by atoms with Crippen molar-refractivity contribution in [3.05, 3.63) is 103 Å². The number of carbonyl (C=O) groups excluding carboxylic acids is 2. The van der Waals surface area contributed by atoms with E-state index in [1.165, 1.54) is 6.08 Å². The van der Waals surface area contributed by atoms with Gasteiger partial charge >= 0.3 is 5.97 Å². The molecule has 176 valence electrons. The average Bonchev–Trinajstić information content (AvgIpc) is 2.88. The number of carbonyl (C=O) groups is 2. The van der Waals surface area contributed by atoms with Crippen LogP contribution in [-0.4, -0.2) is 29.5 Å². The zero-order chi connectivity index (χ0) is 24.6. The smallest absolute Gasteiger partial charge is 0.331 e. The third kappa shape index (κ3) is 6.12. The number of benzene rings is 3. The lowest BCUT2D eigenvalue weighted by atomic mass is 10.1. The molecular weight excluding hydrogens is 438 g/mol. The van der Waals surface area contributed by atoms with Crippen LogP contribution in [0.5, 0.6) is 0 Å². The second-order valence-corrected chi connectivity index (χ2v) is 8.26. The van der Waals surface area contributed by atoms with E-state index in [0.29, 0.717) is 0 Å². The van der Waals surface area contributed by atoms with Crippen molar-refractivity contribution in [3.8, 4) is 0 Å². The lowest BCUT2D eigenvalue weighted by molar-refractivity contribution is -0.143. The summed E-state index contributed by atoms with van der Waals surface area (Å²) in [5, 5.41) is 4.30. The molecule has 4 rings (SSSR count). The first kappa shape index (κ1) is 23.7. The fourth-order valence-electron chi connectivity index (χ4n) is 3.79. The van der Waals surface area contributed by atoms with Crippen LogP contribution >= 0.6 is 0 Å². The number of aromatic nitrogens is 1. The van der Waals surface area contributed by atoms with E-state index < -0.39 is 5.97 Å². The normalized spacial score (nSPS) is 11.1. The number of para-hydroxylation sites is 2. The van der Waals surface area contributed by atoms with Gasteiger partial charge in [-0.3, -0.25) is 9.78 Å². The highest BCUT2D eigenvalue weighted by molar-refractivity contribution is 5.98. The van der Waals surface area contributed by atoms with Crippen LogP contribution in [0, 0.1) is 0 Å². The molecule has 0 saturated carbocycles. The lowest BCUT2D eigenvalue weighted by Crippen LogP contribution is -2.39. The molecule has 0 spiro atoms. The first-order valence-electron chi connectivity index (χ1n) is 11.4. The molecule has 35 heavy (non-hydrogen) atoms. The fourth-order valence-corrected chi connectivity index (χ4v) is 3.79. The molecular formula is C29H27N3O3. The molecule has 0 aliphatic rings. The summed E-state index contributed by atoms with van der Waals surface area (Å²) in [5.41, 5.74) is 4.23. The van der Waals surface area contributed by atoms with Gasteiger partial charge in [-0.1, -0.05) is 42.5 Å². The summed E-state index contributed by atoms with van der Waals surface area (Å²) in [7, 11) is 0. The maximum Gasteiger partial charge on any atom is 0.331 e. The van der Waals surface area contributed by atoms with Crippen LogP contribution in [-0.2, 0) is 14.3 Å². The topological polar surface area (TPSA) is 71.5 Å². The SMILES string of the molecule is CC(C)N(C(=O)COC(=O)/C=C/c1cccc2cccnc12)c1ccc(Nc2ccccc2)cc1. The minimum atomic E-state index is -0.586. The Morgan fingerprint density at radius 3 is 2.37 bits per heavy atom. The number of esters is 1. The van der Waals surface area contributed by atoms with Crippen molar-refractivity contribution in [1.82, 2.24) is 4.98 Å². The molecule has 0 radical (unpaired) electrons. The fraction of sp³-hybridized carbons (Fsp3) is 0.138. The second-order valence-electron chi connectivity index (χ2n) is 8.26. The third-order valence-electron chi connectivity index (χ3n) is 5.39. The summed E-state index contributed by atoms with van der Waals surface area (Å²) in [6.45, 7) is 3.49. The highest BCUT2D eigenvalue weighted by atomic mass is 16.5. The molecule has 1 heterocycles. The van der Waals surface area contributed by atoms with Gasteiger partial charge in [0.25, 0.3) is 5.91 Å². The highest BCUT2D eigenvalue weighted by Crippen LogP contribution is 2.23. The first-order chi connectivity index (χ1) is 17.0. The maximum absolute atomic E-state index is 12.9.